The zero-order chi connectivity index (χ0) is 18.1. The molecule has 130 valence electrons. The molecule has 0 N–H and O–H groups in total. The van der Waals surface area contributed by atoms with Crippen LogP contribution in [0, 0.1) is 0 Å². The smallest absolute Gasteiger partial charge is 0.193 e. The van der Waals surface area contributed by atoms with Crippen molar-refractivity contribution in [2.24, 2.45) is 0 Å². The van der Waals surface area contributed by atoms with Gasteiger partial charge in [-0.15, -0.1) is 0 Å². The lowest BCUT2D eigenvalue weighted by Gasteiger charge is -2.20. The molecule has 2 aromatic carbocycles. The van der Waals surface area contributed by atoms with Crippen LogP contribution in [0.2, 0.25) is 5.02 Å². The lowest BCUT2D eigenvalue weighted by molar-refractivity contribution is 0.103. The normalized spacial score (nSPS) is 12.7. The van der Waals surface area contributed by atoms with Crippen LogP contribution in [-0.4, -0.2) is 25.3 Å². The first-order valence-electron chi connectivity index (χ1n) is 7.95. The Morgan fingerprint density at radius 3 is 2.31 bits per heavy atom. The summed E-state index contributed by atoms with van der Waals surface area (Å²) >= 11 is 5.91. The van der Waals surface area contributed by atoms with Crippen molar-refractivity contribution in [3.05, 3.63) is 70.4 Å². The highest BCUT2D eigenvalue weighted by molar-refractivity contribution is 6.30. The SMILES string of the molecule is O=Cc1ccc(-c2cc3c(cc2C(=O)c2ccc(Cl)cc2)OCCO3)o1. The summed E-state index contributed by atoms with van der Waals surface area (Å²) in [6.45, 7) is 0.839. The Labute approximate surface area is 154 Å². The molecule has 0 spiro atoms. The third kappa shape index (κ3) is 2.97. The molecule has 0 saturated heterocycles. The van der Waals surface area contributed by atoms with Crippen LogP contribution in [0.3, 0.4) is 0 Å². The molecule has 3 aromatic rings. The Kier molecular flexibility index (Phi) is 4.22. The van der Waals surface area contributed by atoms with Crippen molar-refractivity contribution in [3.63, 3.8) is 0 Å². The number of rotatable bonds is 4. The second-order valence-corrected chi connectivity index (χ2v) is 6.13. The molecule has 2 heterocycles. The van der Waals surface area contributed by atoms with E-state index in [9.17, 15) is 9.59 Å². The van der Waals surface area contributed by atoms with Crippen LogP contribution < -0.4 is 9.47 Å². The average molecular weight is 369 g/mol. The van der Waals surface area contributed by atoms with Crippen LogP contribution in [0.1, 0.15) is 26.5 Å². The predicted octanol–water partition coefficient (Wildman–Crippen LogP) is 4.41. The molecule has 0 atom stereocenters. The van der Waals surface area contributed by atoms with E-state index in [-0.39, 0.29) is 11.5 Å². The topological polar surface area (TPSA) is 65.7 Å². The molecular formula is C20H13ClO5. The quantitative estimate of drug-likeness (QED) is 0.504. The van der Waals surface area contributed by atoms with Gasteiger partial charge in [0.15, 0.2) is 29.3 Å². The number of ketones is 1. The van der Waals surface area contributed by atoms with Gasteiger partial charge in [0.05, 0.1) is 0 Å². The standard InChI is InChI=1S/C20H13ClO5/c21-13-3-1-12(2-4-13)20(23)16-10-19-18(24-7-8-25-19)9-15(16)17-6-5-14(11-22)26-17/h1-6,9-11H,7-8H2. The summed E-state index contributed by atoms with van der Waals surface area (Å²) in [4.78, 5) is 24.0. The van der Waals surface area contributed by atoms with Crippen molar-refractivity contribution in [2.45, 2.75) is 0 Å². The second kappa shape index (κ2) is 6.69. The monoisotopic (exact) mass is 368 g/mol. The third-order valence-electron chi connectivity index (χ3n) is 4.04. The van der Waals surface area contributed by atoms with Gasteiger partial charge in [-0.1, -0.05) is 11.6 Å². The highest BCUT2D eigenvalue weighted by Gasteiger charge is 2.23. The molecule has 5 nitrogen and oxygen atoms in total. The first kappa shape index (κ1) is 16.4. The Balaban J connectivity index is 1.86. The highest BCUT2D eigenvalue weighted by Crippen LogP contribution is 2.39. The highest BCUT2D eigenvalue weighted by atomic mass is 35.5. The molecule has 6 heteroatoms. The molecule has 1 aliphatic heterocycles. The van der Waals surface area contributed by atoms with Crippen molar-refractivity contribution in [1.82, 2.24) is 0 Å². The van der Waals surface area contributed by atoms with Crippen molar-refractivity contribution in [2.75, 3.05) is 13.2 Å². The number of fused-ring (bicyclic) bond motifs is 1. The summed E-state index contributed by atoms with van der Waals surface area (Å²) in [6.07, 6.45) is 0.613. The summed E-state index contributed by atoms with van der Waals surface area (Å²) in [6, 6.07) is 13.2. The largest absolute Gasteiger partial charge is 0.486 e. The van der Waals surface area contributed by atoms with E-state index in [0.29, 0.717) is 58.5 Å². The molecule has 0 bridgehead atoms. The maximum absolute atomic E-state index is 13.1. The maximum atomic E-state index is 13.1. The van der Waals surface area contributed by atoms with Crippen LogP contribution in [0.4, 0.5) is 0 Å². The molecule has 1 aromatic heterocycles. The van der Waals surface area contributed by atoms with Crippen molar-refractivity contribution >= 4 is 23.7 Å². The minimum absolute atomic E-state index is 0.180. The molecular weight excluding hydrogens is 356 g/mol. The van der Waals surface area contributed by atoms with Gasteiger partial charge in [0.25, 0.3) is 0 Å². The Morgan fingerprint density at radius 2 is 1.65 bits per heavy atom. The molecule has 1 aliphatic rings. The van der Waals surface area contributed by atoms with E-state index < -0.39 is 0 Å². The van der Waals surface area contributed by atoms with Gasteiger partial charge < -0.3 is 13.9 Å². The number of halogens is 1. The number of hydrogen-bond acceptors (Lipinski definition) is 5. The third-order valence-corrected chi connectivity index (χ3v) is 4.29. The minimum atomic E-state index is -0.210. The number of aldehydes is 1. The number of carbonyl (C=O) groups excluding carboxylic acids is 2. The van der Waals surface area contributed by atoms with Crippen LogP contribution in [0.5, 0.6) is 11.5 Å². The lowest BCUT2D eigenvalue weighted by atomic mass is 9.96. The number of hydrogen-bond donors (Lipinski definition) is 0. The molecule has 0 aliphatic carbocycles. The van der Waals surface area contributed by atoms with Gasteiger partial charge in [0.1, 0.15) is 19.0 Å². The molecule has 26 heavy (non-hydrogen) atoms. The number of benzene rings is 2. The van der Waals surface area contributed by atoms with Crippen molar-refractivity contribution < 1.29 is 23.5 Å². The van der Waals surface area contributed by atoms with E-state index in [2.05, 4.69) is 0 Å². The van der Waals surface area contributed by atoms with E-state index in [0.717, 1.165) is 0 Å². The van der Waals surface area contributed by atoms with Crippen LogP contribution >= 0.6 is 11.6 Å². The van der Waals surface area contributed by atoms with Crippen molar-refractivity contribution in [1.29, 1.82) is 0 Å². The van der Waals surface area contributed by atoms with E-state index in [1.807, 2.05) is 0 Å². The van der Waals surface area contributed by atoms with Gasteiger partial charge in [-0.05, 0) is 48.5 Å². The lowest BCUT2D eigenvalue weighted by Crippen LogP contribution is -2.16. The fraction of sp³-hybridized carbons (Fsp3) is 0.100. The molecule has 0 saturated carbocycles. The Bertz CT molecular complexity index is 988. The first-order valence-corrected chi connectivity index (χ1v) is 8.33. The summed E-state index contributed by atoms with van der Waals surface area (Å²) in [5.74, 6) is 1.40. The maximum Gasteiger partial charge on any atom is 0.193 e. The van der Waals surface area contributed by atoms with Gasteiger partial charge in [0, 0.05) is 21.7 Å². The minimum Gasteiger partial charge on any atom is -0.486 e. The van der Waals surface area contributed by atoms with Crippen LogP contribution in [0.25, 0.3) is 11.3 Å². The van der Waals surface area contributed by atoms with Gasteiger partial charge in [0.2, 0.25) is 0 Å². The first-order chi connectivity index (χ1) is 12.7. The fourth-order valence-corrected chi connectivity index (χ4v) is 2.92. The van der Waals surface area contributed by atoms with Gasteiger partial charge in [-0.3, -0.25) is 9.59 Å². The van der Waals surface area contributed by atoms with E-state index in [1.165, 1.54) is 0 Å². The van der Waals surface area contributed by atoms with Crippen molar-refractivity contribution in [3.8, 4) is 22.8 Å². The number of carbonyl (C=O) groups is 2. The summed E-state index contributed by atoms with van der Waals surface area (Å²) in [5, 5.41) is 0.547. The second-order valence-electron chi connectivity index (χ2n) is 5.70. The van der Waals surface area contributed by atoms with Gasteiger partial charge in [-0.25, -0.2) is 0 Å². The fourth-order valence-electron chi connectivity index (χ4n) is 2.80. The van der Waals surface area contributed by atoms with E-state index in [4.69, 9.17) is 25.5 Å². The average Bonchev–Trinajstić information content (AvgIpc) is 3.16. The van der Waals surface area contributed by atoms with Crippen LogP contribution in [-0.2, 0) is 0 Å². The molecule has 4 rings (SSSR count). The molecule has 0 unspecified atom stereocenters. The van der Waals surface area contributed by atoms with E-state index >= 15 is 0 Å². The Morgan fingerprint density at radius 1 is 0.962 bits per heavy atom. The zero-order valence-electron chi connectivity index (χ0n) is 13.5. The summed E-state index contributed by atoms with van der Waals surface area (Å²) in [7, 11) is 0. The predicted molar refractivity (Wildman–Crippen MR) is 95.4 cm³/mol. The molecule has 0 fully saturated rings. The summed E-state index contributed by atoms with van der Waals surface area (Å²) in [5.41, 5.74) is 1.40. The molecule has 0 radical (unpaired) electrons. The Hall–Kier alpha value is -3.05. The summed E-state index contributed by atoms with van der Waals surface area (Å²) < 4.78 is 16.7. The zero-order valence-corrected chi connectivity index (χ0v) is 14.3. The van der Waals surface area contributed by atoms with Gasteiger partial charge >= 0.3 is 0 Å². The van der Waals surface area contributed by atoms with Crippen LogP contribution in [0.15, 0.2) is 52.9 Å². The molecule has 0 amide bonds. The van der Waals surface area contributed by atoms with E-state index in [1.54, 1.807) is 48.5 Å². The number of furan rings is 1. The van der Waals surface area contributed by atoms with Gasteiger partial charge in [-0.2, -0.15) is 0 Å². The number of ether oxygens (including phenoxy) is 2.